The summed E-state index contributed by atoms with van der Waals surface area (Å²) in [5.74, 6) is 2.70. The van der Waals surface area contributed by atoms with Gasteiger partial charge in [0.15, 0.2) is 0 Å². The summed E-state index contributed by atoms with van der Waals surface area (Å²) >= 11 is 0. The van der Waals surface area contributed by atoms with E-state index < -0.39 is 0 Å². The summed E-state index contributed by atoms with van der Waals surface area (Å²) in [6.07, 6.45) is 1.25. The van der Waals surface area contributed by atoms with Crippen molar-refractivity contribution in [2.45, 2.75) is 25.7 Å². The van der Waals surface area contributed by atoms with Gasteiger partial charge in [0.25, 0.3) is 0 Å². The molecule has 32 heavy (non-hydrogen) atoms. The summed E-state index contributed by atoms with van der Waals surface area (Å²) in [5.41, 5.74) is 3.76. The fourth-order valence-corrected chi connectivity index (χ4v) is 4.49. The molecule has 1 aliphatic rings. The lowest BCUT2D eigenvalue weighted by molar-refractivity contribution is -0.0103. The summed E-state index contributed by atoms with van der Waals surface area (Å²) < 4.78 is 16.4. The van der Waals surface area contributed by atoms with Crippen LogP contribution in [0.25, 0.3) is 0 Å². The molecule has 0 saturated carbocycles. The van der Waals surface area contributed by atoms with Crippen molar-refractivity contribution in [1.29, 1.82) is 0 Å². The standard InChI is InChI=1S/C27H32N2O3/c1-30-23-13-9-21(10-14-23)19-28-17-6-18-29(20-22-11-15-24(31-2)16-12-22)27(28)25-7-4-5-8-26(25)32-3/h4-5,7-16,27H,6,17-20H2,1-3H3. The molecule has 5 nitrogen and oxygen atoms in total. The zero-order valence-electron chi connectivity index (χ0n) is 19.2. The molecule has 0 spiro atoms. The van der Waals surface area contributed by atoms with Gasteiger partial charge in [-0.25, -0.2) is 0 Å². The second-order valence-corrected chi connectivity index (χ2v) is 8.11. The third-order valence-corrected chi connectivity index (χ3v) is 6.09. The third-order valence-electron chi connectivity index (χ3n) is 6.09. The van der Waals surface area contributed by atoms with Crippen molar-refractivity contribution in [2.24, 2.45) is 0 Å². The molecular weight excluding hydrogens is 400 g/mol. The van der Waals surface area contributed by atoms with Crippen LogP contribution in [0.15, 0.2) is 72.8 Å². The van der Waals surface area contributed by atoms with Gasteiger partial charge < -0.3 is 14.2 Å². The zero-order chi connectivity index (χ0) is 22.3. The lowest BCUT2D eigenvalue weighted by Gasteiger charge is -2.44. The number of rotatable bonds is 8. The number of nitrogens with zero attached hydrogens (tertiary/aromatic N) is 2. The first-order chi connectivity index (χ1) is 15.7. The molecule has 3 aromatic carbocycles. The summed E-state index contributed by atoms with van der Waals surface area (Å²) in [6.45, 7) is 3.80. The summed E-state index contributed by atoms with van der Waals surface area (Å²) in [5, 5.41) is 0. The maximum absolute atomic E-state index is 5.77. The molecule has 0 atom stereocenters. The van der Waals surface area contributed by atoms with Crippen LogP contribution in [0.4, 0.5) is 0 Å². The van der Waals surface area contributed by atoms with Crippen LogP contribution in [0.3, 0.4) is 0 Å². The van der Waals surface area contributed by atoms with Gasteiger partial charge in [-0.1, -0.05) is 42.5 Å². The maximum atomic E-state index is 5.77. The number of hydrogen-bond acceptors (Lipinski definition) is 5. The van der Waals surface area contributed by atoms with Crippen molar-refractivity contribution >= 4 is 0 Å². The molecule has 0 amide bonds. The van der Waals surface area contributed by atoms with Crippen LogP contribution in [0.2, 0.25) is 0 Å². The Labute approximate surface area is 191 Å². The predicted octanol–water partition coefficient (Wildman–Crippen LogP) is 5.12. The first kappa shape index (κ1) is 22.2. The first-order valence-electron chi connectivity index (χ1n) is 11.1. The molecule has 0 bridgehead atoms. The van der Waals surface area contributed by atoms with Crippen LogP contribution in [0.5, 0.6) is 17.2 Å². The second-order valence-electron chi connectivity index (χ2n) is 8.11. The Morgan fingerprint density at radius 1 is 0.656 bits per heavy atom. The largest absolute Gasteiger partial charge is 0.497 e. The average molecular weight is 433 g/mol. The van der Waals surface area contributed by atoms with E-state index in [2.05, 4.69) is 52.3 Å². The van der Waals surface area contributed by atoms with Crippen LogP contribution in [-0.2, 0) is 13.1 Å². The minimum Gasteiger partial charge on any atom is -0.497 e. The van der Waals surface area contributed by atoms with Gasteiger partial charge in [0.05, 0.1) is 27.5 Å². The minimum absolute atomic E-state index is 0.129. The SMILES string of the molecule is COc1ccc(CN2CCCN(Cc3ccc(OC)cc3)C2c2ccccc2OC)cc1. The van der Waals surface area contributed by atoms with Crippen LogP contribution >= 0.6 is 0 Å². The molecule has 4 rings (SSSR count). The Kier molecular flexibility index (Phi) is 7.30. The number of hydrogen-bond donors (Lipinski definition) is 0. The van der Waals surface area contributed by atoms with Crippen molar-refractivity contribution in [3.8, 4) is 17.2 Å². The smallest absolute Gasteiger partial charge is 0.124 e. The second kappa shape index (κ2) is 10.5. The Bertz CT molecular complexity index is 931. The van der Waals surface area contributed by atoms with E-state index >= 15 is 0 Å². The van der Waals surface area contributed by atoms with E-state index in [0.717, 1.165) is 49.8 Å². The molecule has 0 aliphatic carbocycles. The fraction of sp³-hybridized carbons (Fsp3) is 0.333. The van der Waals surface area contributed by atoms with Crippen molar-refractivity contribution in [3.05, 3.63) is 89.5 Å². The lowest BCUT2D eigenvalue weighted by Crippen LogP contribution is -2.47. The molecule has 0 N–H and O–H groups in total. The van der Waals surface area contributed by atoms with E-state index in [0.29, 0.717) is 0 Å². The number of benzene rings is 3. The zero-order valence-corrected chi connectivity index (χ0v) is 19.2. The minimum atomic E-state index is 0.129. The van der Waals surface area contributed by atoms with E-state index in [1.54, 1.807) is 21.3 Å². The van der Waals surface area contributed by atoms with E-state index in [4.69, 9.17) is 14.2 Å². The van der Waals surface area contributed by atoms with Gasteiger partial charge in [0.2, 0.25) is 0 Å². The lowest BCUT2D eigenvalue weighted by atomic mass is 10.0. The van der Waals surface area contributed by atoms with E-state index in [-0.39, 0.29) is 6.17 Å². The summed E-state index contributed by atoms with van der Waals surface area (Å²) in [4.78, 5) is 5.10. The topological polar surface area (TPSA) is 34.2 Å². The van der Waals surface area contributed by atoms with Crippen molar-refractivity contribution in [1.82, 2.24) is 9.80 Å². The summed E-state index contributed by atoms with van der Waals surface area (Å²) in [6, 6.07) is 25.1. The highest BCUT2D eigenvalue weighted by Crippen LogP contribution is 2.36. The predicted molar refractivity (Wildman–Crippen MR) is 127 cm³/mol. The molecule has 5 heteroatoms. The quantitative estimate of drug-likeness (QED) is 0.494. The van der Waals surface area contributed by atoms with Gasteiger partial charge >= 0.3 is 0 Å². The Balaban J connectivity index is 1.64. The van der Waals surface area contributed by atoms with Gasteiger partial charge in [0.1, 0.15) is 17.2 Å². The molecule has 1 saturated heterocycles. The van der Waals surface area contributed by atoms with E-state index in [9.17, 15) is 0 Å². The summed E-state index contributed by atoms with van der Waals surface area (Å²) in [7, 11) is 5.16. The van der Waals surface area contributed by atoms with Gasteiger partial charge in [-0.2, -0.15) is 0 Å². The van der Waals surface area contributed by atoms with Crippen LogP contribution in [-0.4, -0.2) is 44.2 Å². The van der Waals surface area contributed by atoms with Crippen LogP contribution in [0.1, 0.15) is 29.3 Å². The van der Waals surface area contributed by atoms with Crippen LogP contribution in [0, 0.1) is 0 Å². The van der Waals surface area contributed by atoms with Crippen molar-refractivity contribution in [3.63, 3.8) is 0 Å². The normalized spacial score (nSPS) is 15.5. The molecule has 168 valence electrons. The van der Waals surface area contributed by atoms with Gasteiger partial charge in [-0.15, -0.1) is 0 Å². The van der Waals surface area contributed by atoms with Gasteiger partial charge in [-0.3, -0.25) is 9.80 Å². The molecule has 1 fully saturated rings. The fourth-order valence-electron chi connectivity index (χ4n) is 4.49. The number of methoxy groups -OCH3 is 3. The van der Waals surface area contributed by atoms with Crippen LogP contribution < -0.4 is 14.2 Å². The van der Waals surface area contributed by atoms with Gasteiger partial charge in [0, 0.05) is 31.7 Å². The van der Waals surface area contributed by atoms with Crippen molar-refractivity contribution < 1.29 is 14.2 Å². The molecule has 0 aromatic heterocycles. The molecule has 3 aromatic rings. The molecule has 0 unspecified atom stereocenters. The maximum Gasteiger partial charge on any atom is 0.124 e. The highest BCUT2D eigenvalue weighted by Gasteiger charge is 2.32. The number of ether oxygens (including phenoxy) is 3. The third kappa shape index (κ3) is 5.06. The molecule has 1 aliphatic heterocycles. The average Bonchev–Trinajstić information content (AvgIpc) is 2.85. The Hall–Kier alpha value is -3.02. The Morgan fingerprint density at radius 3 is 1.62 bits per heavy atom. The van der Waals surface area contributed by atoms with Crippen molar-refractivity contribution in [2.75, 3.05) is 34.4 Å². The highest BCUT2D eigenvalue weighted by atomic mass is 16.5. The van der Waals surface area contributed by atoms with Gasteiger partial charge in [-0.05, 0) is 47.9 Å². The highest BCUT2D eigenvalue weighted by molar-refractivity contribution is 5.37. The molecular formula is C27H32N2O3. The first-order valence-corrected chi connectivity index (χ1v) is 11.1. The number of para-hydroxylation sites is 1. The van der Waals surface area contributed by atoms with E-state index in [1.807, 2.05) is 30.3 Å². The molecule has 0 radical (unpaired) electrons. The monoisotopic (exact) mass is 432 g/mol. The Morgan fingerprint density at radius 2 is 1.16 bits per heavy atom. The molecule has 1 heterocycles. The van der Waals surface area contributed by atoms with E-state index in [1.165, 1.54) is 16.7 Å².